The van der Waals surface area contributed by atoms with Crippen LogP contribution in [-0.2, 0) is 14.4 Å². The van der Waals surface area contributed by atoms with Gasteiger partial charge >= 0.3 is 5.97 Å². The summed E-state index contributed by atoms with van der Waals surface area (Å²) in [7, 11) is 0. The summed E-state index contributed by atoms with van der Waals surface area (Å²) in [5, 5.41) is 8.91. The molecule has 1 N–H and O–H groups in total. The molecule has 0 aromatic rings. The predicted molar refractivity (Wildman–Crippen MR) is 59.0 cm³/mol. The molecule has 1 aliphatic carbocycles. The van der Waals surface area contributed by atoms with E-state index in [1.54, 1.807) is 0 Å². The Morgan fingerprint density at radius 2 is 1.82 bits per heavy atom. The highest BCUT2D eigenvalue weighted by Gasteiger charge is 2.40. The fourth-order valence-corrected chi connectivity index (χ4v) is 2.83. The van der Waals surface area contributed by atoms with Gasteiger partial charge in [0.15, 0.2) is 0 Å². The first-order valence-electron chi connectivity index (χ1n) is 6.06. The third-order valence-corrected chi connectivity index (χ3v) is 3.70. The van der Waals surface area contributed by atoms with Crippen LogP contribution in [0.1, 0.15) is 39.0 Å². The molecule has 0 radical (unpaired) electrons. The highest BCUT2D eigenvalue weighted by atomic mass is 16.4. The van der Waals surface area contributed by atoms with E-state index in [1.807, 2.05) is 6.92 Å². The lowest BCUT2D eigenvalue weighted by atomic mass is 9.96. The molecule has 1 heterocycles. The molecule has 17 heavy (non-hydrogen) atoms. The van der Waals surface area contributed by atoms with Crippen LogP contribution in [0.15, 0.2) is 0 Å². The van der Waals surface area contributed by atoms with Crippen LogP contribution in [0.4, 0.5) is 0 Å². The summed E-state index contributed by atoms with van der Waals surface area (Å²) < 4.78 is 0. The minimum Gasteiger partial charge on any atom is -0.481 e. The highest BCUT2D eigenvalue weighted by Crippen LogP contribution is 2.32. The van der Waals surface area contributed by atoms with Crippen molar-refractivity contribution in [1.29, 1.82) is 0 Å². The average Bonchev–Trinajstić information content (AvgIpc) is 2.65. The first kappa shape index (κ1) is 12.1. The van der Waals surface area contributed by atoms with Gasteiger partial charge in [0.25, 0.3) is 0 Å². The van der Waals surface area contributed by atoms with Gasteiger partial charge in [0, 0.05) is 18.9 Å². The van der Waals surface area contributed by atoms with E-state index in [0.29, 0.717) is 32.1 Å². The minimum atomic E-state index is -0.822. The Morgan fingerprint density at radius 3 is 2.29 bits per heavy atom. The fraction of sp³-hybridized carbons (Fsp3) is 0.750. The number of carboxylic acid groups (broad SMARTS) is 1. The number of hydrogen-bond donors (Lipinski definition) is 1. The second kappa shape index (κ2) is 4.47. The highest BCUT2D eigenvalue weighted by molar-refractivity contribution is 5.98. The largest absolute Gasteiger partial charge is 0.481 e. The van der Waals surface area contributed by atoms with Gasteiger partial charge in [-0.05, 0) is 25.2 Å². The lowest BCUT2D eigenvalue weighted by Crippen LogP contribution is -2.48. The maximum Gasteiger partial charge on any atom is 0.306 e. The maximum atomic E-state index is 11.8. The number of hydrogen-bond acceptors (Lipinski definition) is 3. The molecule has 1 saturated heterocycles. The monoisotopic (exact) mass is 239 g/mol. The molecule has 0 aromatic carbocycles. The number of likely N-dealkylation sites (tertiary alicyclic amines) is 1. The quantitative estimate of drug-likeness (QED) is 0.730. The topological polar surface area (TPSA) is 74.7 Å². The summed E-state index contributed by atoms with van der Waals surface area (Å²) in [4.78, 5) is 35.9. The molecule has 2 atom stereocenters. The second-order valence-electron chi connectivity index (χ2n) is 5.17. The smallest absolute Gasteiger partial charge is 0.306 e. The Bertz CT molecular complexity index is 348. The van der Waals surface area contributed by atoms with Crippen LogP contribution in [0.5, 0.6) is 0 Å². The molecule has 1 saturated carbocycles. The number of nitrogens with zero attached hydrogens (tertiary/aromatic N) is 1. The molecule has 94 valence electrons. The van der Waals surface area contributed by atoms with Gasteiger partial charge in [-0.3, -0.25) is 19.3 Å². The van der Waals surface area contributed by atoms with Crippen LogP contribution in [0, 0.1) is 11.8 Å². The number of aliphatic carboxylic acids is 1. The van der Waals surface area contributed by atoms with Crippen LogP contribution >= 0.6 is 0 Å². The summed E-state index contributed by atoms with van der Waals surface area (Å²) in [5.41, 5.74) is 0. The third-order valence-electron chi connectivity index (χ3n) is 3.70. The Morgan fingerprint density at radius 1 is 1.24 bits per heavy atom. The maximum absolute atomic E-state index is 11.8. The first-order chi connectivity index (χ1) is 7.99. The minimum absolute atomic E-state index is 0.114. The van der Waals surface area contributed by atoms with Gasteiger partial charge in [-0.25, -0.2) is 0 Å². The normalized spacial score (nSPS) is 31.0. The number of piperidine rings is 1. The van der Waals surface area contributed by atoms with E-state index >= 15 is 0 Å². The van der Waals surface area contributed by atoms with Crippen molar-refractivity contribution in [2.45, 2.75) is 45.1 Å². The van der Waals surface area contributed by atoms with Crippen LogP contribution < -0.4 is 0 Å². The van der Waals surface area contributed by atoms with Gasteiger partial charge < -0.3 is 5.11 Å². The molecule has 2 amide bonds. The SMILES string of the molecule is CC1CC(=O)N([C@H]2CC[C@@H](C(=O)O)C2)C(=O)C1. The molecule has 2 fully saturated rings. The summed E-state index contributed by atoms with van der Waals surface area (Å²) in [6, 6.07) is -0.191. The molecule has 2 rings (SSSR count). The number of carbonyl (C=O) groups is 3. The van der Waals surface area contributed by atoms with Crippen molar-refractivity contribution in [3.63, 3.8) is 0 Å². The number of imide groups is 1. The van der Waals surface area contributed by atoms with Crippen LogP contribution in [0.2, 0.25) is 0 Å². The zero-order chi connectivity index (χ0) is 12.6. The molecular formula is C12H17NO4. The van der Waals surface area contributed by atoms with Crippen LogP contribution in [-0.4, -0.2) is 33.8 Å². The molecule has 0 spiro atoms. The first-order valence-corrected chi connectivity index (χ1v) is 6.06. The van der Waals surface area contributed by atoms with Crippen LogP contribution in [0.25, 0.3) is 0 Å². The average molecular weight is 239 g/mol. The molecule has 0 unspecified atom stereocenters. The lowest BCUT2D eigenvalue weighted by Gasteiger charge is -2.32. The summed E-state index contributed by atoms with van der Waals surface area (Å²) in [6.45, 7) is 1.89. The van der Waals surface area contributed by atoms with Gasteiger partial charge in [0.05, 0.1) is 5.92 Å². The van der Waals surface area contributed by atoms with Crippen molar-refractivity contribution in [1.82, 2.24) is 4.90 Å². The zero-order valence-electron chi connectivity index (χ0n) is 9.89. The van der Waals surface area contributed by atoms with Gasteiger partial charge in [-0.2, -0.15) is 0 Å². The van der Waals surface area contributed by atoms with Crippen molar-refractivity contribution in [3.05, 3.63) is 0 Å². The Labute approximate surface area is 99.8 Å². The predicted octanol–water partition coefficient (Wildman–Crippen LogP) is 1.02. The van der Waals surface area contributed by atoms with Crippen molar-refractivity contribution in [2.24, 2.45) is 11.8 Å². The molecule has 0 aromatic heterocycles. The van der Waals surface area contributed by atoms with E-state index < -0.39 is 11.9 Å². The Hall–Kier alpha value is -1.39. The molecule has 0 bridgehead atoms. The van der Waals surface area contributed by atoms with E-state index in [9.17, 15) is 14.4 Å². The lowest BCUT2D eigenvalue weighted by molar-refractivity contribution is -0.153. The van der Waals surface area contributed by atoms with E-state index in [1.165, 1.54) is 4.90 Å². The Balaban J connectivity index is 2.05. The van der Waals surface area contributed by atoms with Gasteiger partial charge in [0.1, 0.15) is 0 Å². The summed E-state index contributed by atoms with van der Waals surface area (Å²) >= 11 is 0. The molecule has 5 heteroatoms. The number of amides is 2. The van der Waals surface area contributed by atoms with Gasteiger partial charge in [-0.15, -0.1) is 0 Å². The third kappa shape index (κ3) is 2.33. The summed E-state index contributed by atoms with van der Waals surface area (Å²) in [5.74, 6) is -1.38. The van der Waals surface area contributed by atoms with E-state index in [2.05, 4.69) is 0 Å². The van der Waals surface area contributed by atoms with Crippen molar-refractivity contribution in [3.8, 4) is 0 Å². The van der Waals surface area contributed by atoms with Gasteiger partial charge in [-0.1, -0.05) is 6.92 Å². The molecule has 1 aliphatic heterocycles. The van der Waals surface area contributed by atoms with E-state index in [0.717, 1.165) is 0 Å². The second-order valence-corrected chi connectivity index (χ2v) is 5.17. The van der Waals surface area contributed by atoms with Crippen molar-refractivity contribution in [2.75, 3.05) is 0 Å². The van der Waals surface area contributed by atoms with Gasteiger partial charge in [0.2, 0.25) is 11.8 Å². The number of carbonyl (C=O) groups excluding carboxylic acids is 2. The van der Waals surface area contributed by atoms with E-state index in [4.69, 9.17) is 5.11 Å². The molecule has 2 aliphatic rings. The van der Waals surface area contributed by atoms with Crippen LogP contribution in [0.3, 0.4) is 0 Å². The number of rotatable bonds is 2. The Kier molecular flexibility index (Phi) is 3.17. The molecular weight excluding hydrogens is 222 g/mol. The standard InChI is InChI=1S/C12H17NO4/c1-7-4-10(14)13(11(15)5-7)9-3-2-8(6-9)12(16)17/h7-9H,2-6H2,1H3,(H,16,17)/t8-,9+/m1/s1. The number of carboxylic acids is 1. The van der Waals surface area contributed by atoms with E-state index in [-0.39, 0.29) is 23.8 Å². The summed E-state index contributed by atoms with van der Waals surface area (Å²) in [6.07, 6.45) is 2.41. The van der Waals surface area contributed by atoms with Crippen molar-refractivity contribution >= 4 is 17.8 Å². The van der Waals surface area contributed by atoms with Crippen molar-refractivity contribution < 1.29 is 19.5 Å². The molecule has 5 nitrogen and oxygen atoms in total. The zero-order valence-corrected chi connectivity index (χ0v) is 9.89. The fourth-order valence-electron chi connectivity index (χ4n) is 2.83.